The monoisotopic (exact) mass is 491 g/mol. The molecule has 8 heteroatoms. The van der Waals surface area contributed by atoms with E-state index < -0.39 is 12.0 Å². The molecule has 2 fully saturated rings. The summed E-state index contributed by atoms with van der Waals surface area (Å²) < 4.78 is 6.10. The van der Waals surface area contributed by atoms with Gasteiger partial charge in [0.2, 0.25) is 0 Å². The zero-order chi connectivity index (χ0) is 23.2. The lowest BCUT2D eigenvalue weighted by Crippen LogP contribution is -2.48. The topological polar surface area (TPSA) is 65.9 Å². The van der Waals surface area contributed by atoms with Crippen LogP contribution in [0.15, 0.2) is 42.7 Å². The van der Waals surface area contributed by atoms with E-state index in [0.29, 0.717) is 22.4 Å². The van der Waals surface area contributed by atoms with Gasteiger partial charge in [0.1, 0.15) is 17.9 Å². The zero-order valence-corrected chi connectivity index (χ0v) is 20.2. The average Bonchev–Trinajstić information content (AvgIpc) is 2.82. The molecule has 1 atom stereocenters. The summed E-state index contributed by atoms with van der Waals surface area (Å²) in [6.45, 7) is 4.78. The third-order valence-electron chi connectivity index (χ3n) is 6.77. The summed E-state index contributed by atoms with van der Waals surface area (Å²) >= 11 is 12.1. The Bertz CT molecular complexity index is 914. The molecule has 2 aromatic rings. The molecule has 2 saturated heterocycles. The van der Waals surface area contributed by atoms with Crippen molar-refractivity contribution in [3.05, 3.63) is 58.3 Å². The van der Waals surface area contributed by atoms with Crippen LogP contribution < -0.4 is 4.74 Å². The Hall–Kier alpha value is -1.86. The number of likely N-dealkylation sites (tertiary alicyclic amines) is 2. The van der Waals surface area contributed by atoms with E-state index >= 15 is 0 Å². The molecule has 4 rings (SSSR count). The second-order valence-corrected chi connectivity index (χ2v) is 9.91. The first-order valence-electron chi connectivity index (χ1n) is 11.7. The smallest absolute Gasteiger partial charge is 0.321 e. The van der Waals surface area contributed by atoms with Crippen LogP contribution in [0.5, 0.6) is 5.75 Å². The van der Waals surface area contributed by atoms with E-state index in [-0.39, 0.29) is 6.10 Å². The maximum Gasteiger partial charge on any atom is 0.321 e. The van der Waals surface area contributed by atoms with Crippen molar-refractivity contribution in [1.29, 1.82) is 0 Å². The molecule has 178 valence electrons. The molecular formula is C25H31Cl2N3O3. The molecule has 0 amide bonds. The molecule has 0 aliphatic carbocycles. The number of benzene rings is 1. The number of aromatic nitrogens is 1. The molecule has 6 nitrogen and oxygen atoms in total. The van der Waals surface area contributed by atoms with Crippen LogP contribution in [0.2, 0.25) is 10.0 Å². The van der Waals surface area contributed by atoms with Gasteiger partial charge >= 0.3 is 5.97 Å². The Morgan fingerprint density at radius 2 is 1.85 bits per heavy atom. The van der Waals surface area contributed by atoms with Crippen LogP contribution in [0.25, 0.3) is 0 Å². The van der Waals surface area contributed by atoms with Crippen LogP contribution in [0, 0.1) is 5.92 Å². The third kappa shape index (κ3) is 6.82. The SMILES string of the molecule is O=C(O)[C@H](Cc1cccnc1)N1CCC(CN2CCC(Oc3ccc(Cl)c(Cl)c3)CC2)CC1. The molecule has 3 heterocycles. The lowest BCUT2D eigenvalue weighted by Gasteiger charge is -2.39. The minimum absolute atomic E-state index is 0.198. The maximum absolute atomic E-state index is 11.9. The summed E-state index contributed by atoms with van der Waals surface area (Å²) in [5, 5.41) is 10.8. The van der Waals surface area contributed by atoms with Crippen molar-refractivity contribution >= 4 is 29.2 Å². The first-order valence-corrected chi connectivity index (χ1v) is 12.4. The lowest BCUT2D eigenvalue weighted by molar-refractivity contribution is -0.144. The lowest BCUT2D eigenvalue weighted by atomic mass is 9.93. The Morgan fingerprint density at radius 3 is 2.48 bits per heavy atom. The highest BCUT2D eigenvalue weighted by molar-refractivity contribution is 6.42. The first kappa shape index (κ1) is 24.3. The summed E-state index contributed by atoms with van der Waals surface area (Å²) in [4.78, 5) is 20.7. The van der Waals surface area contributed by atoms with Crippen LogP contribution in [0.1, 0.15) is 31.2 Å². The number of hydrogen-bond acceptors (Lipinski definition) is 5. The summed E-state index contributed by atoms with van der Waals surface area (Å²) in [5.74, 6) is 0.637. The van der Waals surface area contributed by atoms with Crippen molar-refractivity contribution in [2.75, 3.05) is 32.7 Å². The standard InChI is InChI=1S/C25H31Cl2N3O3/c26-22-4-3-21(15-23(22)27)33-20-7-10-29(11-8-20)17-18-5-12-30(13-6-18)24(25(31)32)14-19-2-1-9-28-16-19/h1-4,9,15-16,18,20,24H,5-8,10-14,17H2,(H,31,32)/t24-/m0/s1. The quantitative estimate of drug-likeness (QED) is 0.580. The van der Waals surface area contributed by atoms with Crippen LogP contribution in [-0.4, -0.2) is 70.7 Å². The largest absolute Gasteiger partial charge is 0.490 e. The van der Waals surface area contributed by atoms with Crippen molar-refractivity contribution in [1.82, 2.24) is 14.8 Å². The predicted molar refractivity (Wildman–Crippen MR) is 130 cm³/mol. The Morgan fingerprint density at radius 1 is 1.09 bits per heavy atom. The van der Waals surface area contributed by atoms with Crippen molar-refractivity contribution < 1.29 is 14.6 Å². The van der Waals surface area contributed by atoms with Gasteiger partial charge in [-0.1, -0.05) is 29.3 Å². The number of rotatable bonds is 8. The predicted octanol–water partition coefficient (Wildman–Crippen LogP) is 4.64. The minimum Gasteiger partial charge on any atom is -0.490 e. The number of ether oxygens (including phenoxy) is 1. The van der Waals surface area contributed by atoms with Gasteiger partial charge in [-0.3, -0.25) is 14.7 Å². The van der Waals surface area contributed by atoms with E-state index in [0.717, 1.165) is 69.7 Å². The van der Waals surface area contributed by atoms with Crippen LogP contribution >= 0.6 is 23.2 Å². The van der Waals surface area contributed by atoms with Crippen molar-refractivity contribution in [3.8, 4) is 5.75 Å². The number of piperidine rings is 2. The molecule has 0 bridgehead atoms. The van der Waals surface area contributed by atoms with Gasteiger partial charge in [0.25, 0.3) is 0 Å². The highest BCUT2D eigenvalue weighted by Crippen LogP contribution is 2.29. The molecule has 1 aromatic heterocycles. The number of carboxylic acid groups (broad SMARTS) is 1. The highest BCUT2D eigenvalue weighted by Gasteiger charge is 2.31. The minimum atomic E-state index is -0.749. The fourth-order valence-corrected chi connectivity index (χ4v) is 5.17. The number of halogens is 2. The summed E-state index contributed by atoms with van der Waals surface area (Å²) in [7, 11) is 0. The van der Waals surface area contributed by atoms with Crippen molar-refractivity contribution in [2.24, 2.45) is 5.92 Å². The van der Waals surface area contributed by atoms with Gasteiger partial charge in [0.15, 0.2) is 0 Å². The van der Waals surface area contributed by atoms with Crippen molar-refractivity contribution in [2.45, 2.75) is 44.2 Å². The number of hydrogen-bond donors (Lipinski definition) is 1. The van der Waals surface area contributed by atoms with E-state index in [1.807, 2.05) is 18.2 Å². The van der Waals surface area contributed by atoms with E-state index in [2.05, 4.69) is 14.8 Å². The van der Waals surface area contributed by atoms with E-state index in [9.17, 15) is 9.90 Å². The highest BCUT2D eigenvalue weighted by atomic mass is 35.5. The van der Waals surface area contributed by atoms with Crippen LogP contribution in [0.3, 0.4) is 0 Å². The fourth-order valence-electron chi connectivity index (χ4n) is 4.88. The average molecular weight is 492 g/mol. The molecule has 1 aromatic carbocycles. The summed E-state index contributed by atoms with van der Waals surface area (Å²) in [6, 6.07) is 8.75. The molecular weight excluding hydrogens is 461 g/mol. The molecule has 33 heavy (non-hydrogen) atoms. The normalized spacial score (nSPS) is 19.9. The van der Waals surface area contributed by atoms with Crippen molar-refractivity contribution in [3.63, 3.8) is 0 Å². The second-order valence-electron chi connectivity index (χ2n) is 9.09. The molecule has 0 unspecified atom stereocenters. The maximum atomic E-state index is 11.9. The van der Waals surface area contributed by atoms with Crippen LogP contribution in [-0.2, 0) is 11.2 Å². The van der Waals surface area contributed by atoms with Crippen LogP contribution in [0.4, 0.5) is 0 Å². The molecule has 0 spiro atoms. The number of carboxylic acids is 1. The molecule has 0 radical (unpaired) electrons. The molecule has 2 aliphatic heterocycles. The van der Waals surface area contributed by atoms with Gasteiger partial charge in [-0.2, -0.15) is 0 Å². The number of pyridine rings is 1. The number of aliphatic carboxylic acids is 1. The number of nitrogens with zero attached hydrogens (tertiary/aromatic N) is 3. The Labute approximate surface area is 205 Å². The summed E-state index contributed by atoms with van der Waals surface area (Å²) in [5.41, 5.74) is 0.970. The van der Waals surface area contributed by atoms with Gasteiger partial charge in [-0.05, 0) is 68.5 Å². The summed E-state index contributed by atoms with van der Waals surface area (Å²) in [6.07, 6.45) is 8.23. The van der Waals surface area contributed by atoms with E-state index in [1.165, 1.54) is 0 Å². The van der Waals surface area contributed by atoms with Gasteiger partial charge in [-0.25, -0.2) is 0 Å². The second kappa shape index (κ2) is 11.5. The molecule has 0 saturated carbocycles. The van der Waals surface area contributed by atoms with E-state index in [1.54, 1.807) is 24.5 Å². The fraction of sp³-hybridized carbons (Fsp3) is 0.520. The van der Waals surface area contributed by atoms with Gasteiger partial charge < -0.3 is 14.7 Å². The van der Waals surface area contributed by atoms with Gasteiger partial charge in [-0.15, -0.1) is 0 Å². The molecule has 1 N–H and O–H groups in total. The molecule has 2 aliphatic rings. The zero-order valence-electron chi connectivity index (χ0n) is 18.7. The third-order valence-corrected chi connectivity index (χ3v) is 7.51. The Balaban J connectivity index is 1.20. The Kier molecular flexibility index (Phi) is 8.47. The first-order chi connectivity index (χ1) is 16.0. The van der Waals surface area contributed by atoms with Gasteiger partial charge in [0, 0.05) is 44.5 Å². The van der Waals surface area contributed by atoms with Gasteiger partial charge in [0.05, 0.1) is 10.0 Å². The van der Waals surface area contributed by atoms with E-state index in [4.69, 9.17) is 27.9 Å². The number of carbonyl (C=O) groups is 1.